The first-order chi connectivity index (χ1) is 12.8. The first-order valence-corrected chi connectivity index (χ1v) is 10.6. The van der Waals surface area contributed by atoms with Crippen LogP contribution in [-0.4, -0.2) is 44.4 Å². The molecule has 1 saturated carbocycles. The van der Waals surface area contributed by atoms with Crippen molar-refractivity contribution < 1.29 is 9.21 Å². The van der Waals surface area contributed by atoms with Crippen molar-refractivity contribution in [3.8, 4) is 11.6 Å². The number of thioether (sulfide) groups is 1. The van der Waals surface area contributed by atoms with Gasteiger partial charge in [-0.15, -0.1) is 10.2 Å². The summed E-state index contributed by atoms with van der Waals surface area (Å²) in [5.41, 5.74) is 0. The molecular weight excluding hydrogens is 348 g/mol. The lowest BCUT2D eigenvalue weighted by molar-refractivity contribution is -0.131. The summed E-state index contributed by atoms with van der Waals surface area (Å²) in [7, 11) is 0. The van der Waals surface area contributed by atoms with E-state index in [0.29, 0.717) is 11.5 Å². The summed E-state index contributed by atoms with van der Waals surface area (Å²) in [5, 5.41) is 9.30. The Morgan fingerprint density at radius 3 is 2.88 bits per heavy atom. The van der Waals surface area contributed by atoms with Crippen molar-refractivity contribution in [1.82, 2.24) is 19.7 Å². The zero-order chi connectivity index (χ0) is 17.9. The molecule has 0 radical (unpaired) electrons. The number of nitrogens with zero attached hydrogens (tertiary/aromatic N) is 4. The maximum Gasteiger partial charge on any atom is 0.233 e. The van der Waals surface area contributed by atoms with E-state index in [1.54, 1.807) is 6.26 Å². The molecule has 1 aliphatic heterocycles. The number of likely N-dealkylation sites (tertiary alicyclic amines) is 1. The highest BCUT2D eigenvalue weighted by atomic mass is 32.2. The highest BCUT2D eigenvalue weighted by Gasteiger charge is 2.32. The van der Waals surface area contributed by atoms with Crippen LogP contribution in [-0.2, 0) is 11.3 Å². The molecule has 0 aromatic carbocycles. The Morgan fingerprint density at radius 2 is 2.12 bits per heavy atom. The van der Waals surface area contributed by atoms with E-state index in [4.69, 9.17) is 4.42 Å². The zero-order valence-electron chi connectivity index (χ0n) is 15.3. The summed E-state index contributed by atoms with van der Waals surface area (Å²) in [6.45, 7) is 4.66. The predicted octanol–water partition coefficient (Wildman–Crippen LogP) is 3.69. The highest BCUT2D eigenvalue weighted by molar-refractivity contribution is 7.99. The van der Waals surface area contributed by atoms with Gasteiger partial charge < -0.3 is 9.32 Å². The van der Waals surface area contributed by atoms with Gasteiger partial charge in [0, 0.05) is 19.6 Å². The number of piperidine rings is 1. The topological polar surface area (TPSA) is 64.2 Å². The van der Waals surface area contributed by atoms with Crippen molar-refractivity contribution in [2.24, 2.45) is 11.8 Å². The van der Waals surface area contributed by atoms with Crippen LogP contribution in [0, 0.1) is 11.8 Å². The predicted molar refractivity (Wildman–Crippen MR) is 101 cm³/mol. The standard InChI is InChI=1S/C19H26N4O2S/c1-2-23-18(16-8-5-11-25-16)20-21-19(23)26-13-17(24)22-10-9-14-6-3-4-7-15(14)12-22/h5,8,11,14-15H,2-4,6-7,9-10,12-13H2,1H3/t14-,15-/m1/s1. The van der Waals surface area contributed by atoms with Crippen LogP contribution >= 0.6 is 11.8 Å². The molecule has 1 amide bonds. The van der Waals surface area contributed by atoms with Crippen LogP contribution in [0.3, 0.4) is 0 Å². The van der Waals surface area contributed by atoms with Crippen LogP contribution in [0.25, 0.3) is 11.6 Å². The second-order valence-electron chi connectivity index (χ2n) is 7.25. The average molecular weight is 375 g/mol. The summed E-state index contributed by atoms with van der Waals surface area (Å²) >= 11 is 1.48. The van der Waals surface area contributed by atoms with Gasteiger partial charge >= 0.3 is 0 Å². The van der Waals surface area contributed by atoms with Gasteiger partial charge in [0.1, 0.15) is 0 Å². The maximum atomic E-state index is 12.7. The number of hydrogen-bond acceptors (Lipinski definition) is 5. The van der Waals surface area contributed by atoms with E-state index in [-0.39, 0.29) is 5.91 Å². The third-order valence-corrected chi connectivity index (χ3v) is 6.69. The van der Waals surface area contributed by atoms with E-state index in [2.05, 4.69) is 22.0 Å². The monoisotopic (exact) mass is 374 g/mol. The maximum absolute atomic E-state index is 12.7. The van der Waals surface area contributed by atoms with Gasteiger partial charge in [0.2, 0.25) is 5.91 Å². The van der Waals surface area contributed by atoms with E-state index in [1.807, 2.05) is 16.7 Å². The van der Waals surface area contributed by atoms with Gasteiger partial charge in [-0.1, -0.05) is 31.0 Å². The van der Waals surface area contributed by atoms with Crippen LogP contribution in [0.2, 0.25) is 0 Å². The Hall–Kier alpha value is -1.76. The van der Waals surface area contributed by atoms with E-state index in [0.717, 1.165) is 42.5 Å². The Morgan fingerprint density at radius 1 is 1.27 bits per heavy atom. The quantitative estimate of drug-likeness (QED) is 0.747. The average Bonchev–Trinajstić information content (AvgIpc) is 3.34. The first-order valence-electron chi connectivity index (χ1n) is 9.64. The zero-order valence-corrected chi connectivity index (χ0v) is 16.1. The second kappa shape index (κ2) is 7.86. The molecule has 1 aliphatic carbocycles. The van der Waals surface area contributed by atoms with Crippen molar-refractivity contribution in [2.75, 3.05) is 18.8 Å². The summed E-state index contributed by atoms with van der Waals surface area (Å²) < 4.78 is 7.44. The number of amides is 1. The minimum absolute atomic E-state index is 0.226. The van der Waals surface area contributed by atoms with Gasteiger partial charge in [-0.2, -0.15) is 0 Å². The fourth-order valence-electron chi connectivity index (χ4n) is 4.31. The number of furan rings is 1. The Bertz CT molecular complexity index is 743. The van der Waals surface area contributed by atoms with Crippen LogP contribution in [0.5, 0.6) is 0 Å². The summed E-state index contributed by atoms with van der Waals surface area (Å²) in [5.74, 6) is 3.64. The number of fused-ring (bicyclic) bond motifs is 1. The lowest BCUT2D eigenvalue weighted by Crippen LogP contribution is -2.45. The van der Waals surface area contributed by atoms with Gasteiger partial charge in [-0.25, -0.2) is 0 Å². The highest BCUT2D eigenvalue weighted by Crippen LogP contribution is 2.36. The van der Waals surface area contributed by atoms with Gasteiger partial charge in [-0.3, -0.25) is 9.36 Å². The van der Waals surface area contributed by atoms with E-state index >= 15 is 0 Å². The van der Waals surface area contributed by atoms with E-state index in [9.17, 15) is 4.79 Å². The van der Waals surface area contributed by atoms with Crippen LogP contribution in [0.15, 0.2) is 28.0 Å². The van der Waals surface area contributed by atoms with Crippen LogP contribution < -0.4 is 0 Å². The smallest absolute Gasteiger partial charge is 0.233 e. The molecule has 1 saturated heterocycles. The third kappa shape index (κ3) is 3.54. The molecule has 0 bridgehead atoms. The molecule has 4 rings (SSSR count). The summed E-state index contributed by atoms with van der Waals surface area (Å²) in [6, 6.07) is 3.72. The van der Waals surface area contributed by atoms with E-state index in [1.165, 1.54) is 43.9 Å². The SMILES string of the molecule is CCn1c(SCC(=O)N2CC[C@H]3CCCC[C@@H]3C2)nnc1-c1ccco1. The van der Waals surface area contributed by atoms with Gasteiger partial charge in [0.25, 0.3) is 0 Å². The molecule has 6 nitrogen and oxygen atoms in total. The van der Waals surface area contributed by atoms with Gasteiger partial charge in [-0.05, 0) is 43.7 Å². The van der Waals surface area contributed by atoms with E-state index < -0.39 is 0 Å². The molecule has 140 valence electrons. The molecule has 2 aromatic rings. The van der Waals surface area contributed by atoms with Gasteiger partial charge in [0.05, 0.1) is 12.0 Å². The normalized spacial score (nSPS) is 23.0. The number of carbonyl (C=O) groups is 1. The minimum Gasteiger partial charge on any atom is -0.461 e. The lowest BCUT2D eigenvalue weighted by atomic mass is 9.75. The van der Waals surface area contributed by atoms with Crippen molar-refractivity contribution in [3.05, 3.63) is 18.4 Å². The molecule has 2 aromatic heterocycles. The minimum atomic E-state index is 0.226. The molecule has 0 N–H and O–H groups in total. The number of hydrogen-bond donors (Lipinski definition) is 0. The molecular formula is C19H26N4O2S. The van der Waals surface area contributed by atoms with Crippen molar-refractivity contribution >= 4 is 17.7 Å². The number of carbonyl (C=O) groups excluding carboxylic acids is 1. The second-order valence-corrected chi connectivity index (χ2v) is 8.19. The molecule has 2 aliphatic rings. The third-order valence-electron chi connectivity index (χ3n) is 5.74. The molecule has 2 atom stereocenters. The Kier molecular flexibility index (Phi) is 5.33. The number of aromatic nitrogens is 3. The Labute approximate surface area is 158 Å². The first kappa shape index (κ1) is 17.6. The molecule has 7 heteroatoms. The van der Waals surface area contributed by atoms with Gasteiger partial charge in [0.15, 0.2) is 16.7 Å². The fraction of sp³-hybridized carbons (Fsp3) is 0.632. The van der Waals surface area contributed by atoms with Crippen LogP contribution in [0.4, 0.5) is 0 Å². The fourth-order valence-corrected chi connectivity index (χ4v) is 5.22. The Balaban J connectivity index is 1.37. The molecule has 26 heavy (non-hydrogen) atoms. The molecule has 0 spiro atoms. The lowest BCUT2D eigenvalue weighted by Gasteiger charge is -2.41. The summed E-state index contributed by atoms with van der Waals surface area (Å²) in [4.78, 5) is 14.8. The van der Waals surface area contributed by atoms with Crippen LogP contribution in [0.1, 0.15) is 39.0 Å². The van der Waals surface area contributed by atoms with Crippen molar-refractivity contribution in [2.45, 2.75) is 50.7 Å². The molecule has 2 fully saturated rings. The van der Waals surface area contributed by atoms with Crippen molar-refractivity contribution in [1.29, 1.82) is 0 Å². The van der Waals surface area contributed by atoms with Crippen molar-refractivity contribution in [3.63, 3.8) is 0 Å². The summed E-state index contributed by atoms with van der Waals surface area (Å²) in [6.07, 6.45) is 8.15. The molecule has 0 unspecified atom stereocenters. The largest absolute Gasteiger partial charge is 0.461 e. The molecule has 3 heterocycles. The number of rotatable bonds is 5.